The summed E-state index contributed by atoms with van der Waals surface area (Å²) in [5, 5.41) is 4.84. The molecule has 0 bridgehead atoms. The van der Waals surface area contributed by atoms with Crippen molar-refractivity contribution in [3.05, 3.63) is 51.5 Å². The van der Waals surface area contributed by atoms with Crippen molar-refractivity contribution in [3.63, 3.8) is 0 Å². The molecule has 0 saturated carbocycles. The molecular weight excluding hydrogens is 297 g/mol. The number of hydrogen-bond acceptors (Lipinski definition) is 2. The average molecular weight is 319 g/mol. The maximum Gasteiger partial charge on any atom is 0.256 e. The predicted octanol–water partition coefficient (Wildman–Crippen LogP) is 5.60. The number of rotatable bonds is 5. The first-order valence-electron chi connectivity index (χ1n) is 7.53. The van der Waals surface area contributed by atoms with Gasteiger partial charge < -0.3 is 5.32 Å². The van der Waals surface area contributed by atoms with E-state index in [4.69, 9.17) is 0 Å². The van der Waals surface area contributed by atoms with Gasteiger partial charge in [0.2, 0.25) is 0 Å². The molecule has 2 rings (SSSR count). The zero-order valence-electron chi connectivity index (χ0n) is 13.4. The van der Waals surface area contributed by atoms with Crippen LogP contribution in [0.2, 0.25) is 0 Å². The Labute approximate surface area is 135 Å². The van der Waals surface area contributed by atoms with Gasteiger partial charge in [-0.2, -0.15) is 0 Å². The highest BCUT2D eigenvalue weighted by Crippen LogP contribution is 2.30. The predicted molar refractivity (Wildman–Crippen MR) is 91.3 cm³/mol. The smallest absolute Gasteiger partial charge is 0.256 e. The van der Waals surface area contributed by atoms with E-state index in [9.17, 15) is 9.18 Å². The molecule has 1 amide bonds. The molecule has 4 heteroatoms. The maximum atomic E-state index is 13.6. The quantitative estimate of drug-likeness (QED) is 0.764. The van der Waals surface area contributed by atoms with Crippen LogP contribution < -0.4 is 5.32 Å². The number of halogens is 1. The molecule has 0 aliphatic rings. The zero-order chi connectivity index (χ0) is 16.3. The Bertz CT molecular complexity index is 663. The van der Waals surface area contributed by atoms with Crippen molar-refractivity contribution < 1.29 is 9.18 Å². The maximum absolute atomic E-state index is 13.6. The third-order valence-electron chi connectivity index (χ3n) is 3.72. The first-order valence-corrected chi connectivity index (χ1v) is 8.41. The van der Waals surface area contributed by atoms with Gasteiger partial charge in [0.15, 0.2) is 0 Å². The van der Waals surface area contributed by atoms with Gasteiger partial charge in [0.25, 0.3) is 5.91 Å². The van der Waals surface area contributed by atoms with Gasteiger partial charge in [-0.1, -0.05) is 20.8 Å². The molecule has 0 saturated heterocycles. The molecule has 0 fully saturated rings. The second kappa shape index (κ2) is 7.05. The van der Waals surface area contributed by atoms with Crippen molar-refractivity contribution in [3.8, 4) is 0 Å². The molecule has 0 aliphatic carbocycles. The molecule has 118 valence electrons. The van der Waals surface area contributed by atoms with Gasteiger partial charge >= 0.3 is 0 Å². The van der Waals surface area contributed by atoms with Crippen LogP contribution >= 0.6 is 11.3 Å². The molecule has 1 N–H and O–H groups in total. The number of aryl methyl sites for hydroxylation is 1. The Morgan fingerprint density at radius 1 is 1.27 bits per heavy atom. The molecule has 1 aromatic heterocycles. The summed E-state index contributed by atoms with van der Waals surface area (Å²) in [4.78, 5) is 13.4. The van der Waals surface area contributed by atoms with E-state index in [1.807, 2.05) is 18.4 Å². The summed E-state index contributed by atoms with van der Waals surface area (Å²) in [6.45, 7) is 8.28. The van der Waals surface area contributed by atoms with Crippen molar-refractivity contribution in [2.24, 2.45) is 5.92 Å². The number of benzene rings is 1. The fourth-order valence-electron chi connectivity index (χ4n) is 2.70. The largest absolute Gasteiger partial charge is 0.322 e. The van der Waals surface area contributed by atoms with Crippen LogP contribution in [0.5, 0.6) is 0 Å². The topological polar surface area (TPSA) is 29.1 Å². The molecule has 22 heavy (non-hydrogen) atoms. The lowest BCUT2D eigenvalue weighted by atomic mass is 9.90. The highest BCUT2D eigenvalue weighted by Gasteiger charge is 2.17. The van der Waals surface area contributed by atoms with Crippen LogP contribution in [0.4, 0.5) is 10.1 Å². The van der Waals surface area contributed by atoms with Gasteiger partial charge in [0, 0.05) is 10.6 Å². The molecule has 1 heterocycles. The van der Waals surface area contributed by atoms with Crippen LogP contribution in [-0.4, -0.2) is 5.91 Å². The minimum atomic E-state index is -0.268. The molecule has 1 aromatic carbocycles. The summed E-state index contributed by atoms with van der Waals surface area (Å²) in [6, 6.07) is 6.39. The summed E-state index contributed by atoms with van der Waals surface area (Å²) in [5.74, 6) is 0.300. The van der Waals surface area contributed by atoms with Gasteiger partial charge in [-0.15, -0.1) is 11.3 Å². The standard InChI is InChI=1S/C18H22FNOS/c1-11(2)9-12(3)16-10-14(19)5-6-17(16)20-18(21)15-7-8-22-13(15)4/h5-8,10-12H,9H2,1-4H3,(H,20,21). The van der Waals surface area contributed by atoms with Gasteiger partial charge in [0.1, 0.15) is 5.82 Å². The van der Waals surface area contributed by atoms with E-state index in [0.29, 0.717) is 17.2 Å². The number of nitrogens with one attached hydrogen (secondary N) is 1. The number of thiophene rings is 1. The van der Waals surface area contributed by atoms with Crippen LogP contribution in [0, 0.1) is 18.7 Å². The molecule has 2 aromatic rings. The van der Waals surface area contributed by atoms with Crippen molar-refractivity contribution in [1.82, 2.24) is 0 Å². The SMILES string of the molecule is Cc1sccc1C(=O)Nc1ccc(F)cc1C(C)CC(C)C. The number of carbonyl (C=O) groups is 1. The second-order valence-corrected chi connectivity index (χ2v) is 7.23. The van der Waals surface area contributed by atoms with Crippen molar-refractivity contribution in [1.29, 1.82) is 0 Å². The van der Waals surface area contributed by atoms with Gasteiger partial charge in [-0.25, -0.2) is 4.39 Å². The van der Waals surface area contributed by atoms with E-state index in [1.54, 1.807) is 17.4 Å². The first-order chi connectivity index (χ1) is 10.4. The fourth-order valence-corrected chi connectivity index (χ4v) is 3.40. The number of carbonyl (C=O) groups excluding carboxylic acids is 1. The van der Waals surface area contributed by atoms with Crippen LogP contribution in [0.1, 0.15) is 53.9 Å². The minimum absolute atomic E-state index is 0.136. The van der Waals surface area contributed by atoms with Gasteiger partial charge in [-0.05, 0) is 60.4 Å². The molecule has 0 aliphatic heterocycles. The lowest BCUT2D eigenvalue weighted by molar-refractivity contribution is 0.102. The Morgan fingerprint density at radius 2 is 2.00 bits per heavy atom. The van der Waals surface area contributed by atoms with E-state index in [2.05, 4.69) is 26.1 Å². The molecule has 0 radical (unpaired) electrons. The molecule has 0 spiro atoms. The summed E-state index contributed by atoms with van der Waals surface area (Å²) in [6.07, 6.45) is 0.948. The zero-order valence-corrected chi connectivity index (χ0v) is 14.3. The normalized spacial score (nSPS) is 12.5. The average Bonchev–Trinajstić information content (AvgIpc) is 2.86. The lowest BCUT2D eigenvalue weighted by Gasteiger charge is -2.19. The van der Waals surface area contributed by atoms with Crippen LogP contribution in [0.3, 0.4) is 0 Å². The lowest BCUT2D eigenvalue weighted by Crippen LogP contribution is -2.14. The Morgan fingerprint density at radius 3 is 2.59 bits per heavy atom. The van der Waals surface area contributed by atoms with E-state index in [0.717, 1.165) is 16.9 Å². The molecule has 2 nitrogen and oxygen atoms in total. The fraction of sp³-hybridized carbons (Fsp3) is 0.389. The summed E-state index contributed by atoms with van der Waals surface area (Å²) < 4.78 is 13.6. The highest BCUT2D eigenvalue weighted by molar-refractivity contribution is 7.10. The summed E-state index contributed by atoms with van der Waals surface area (Å²) in [7, 11) is 0. The molecule has 1 unspecified atom stereocenters. The molecular formula is C18H22FNOS. The van der Waals surface area contributed by atoms with Crippen molar-refractivity contribution >= 4 is 22.9 Å². The third-order valence-corrected chi connectivity index (χ3v) is 4.57. The van der Waals surface area contributed by atoms with Crippen molar-refractivity contribution in [2.75, 3.05) is 5.32 Å². The number of anilines is 1. The Balaban J connectivity index is 2.27. The van der Waals surface area contributed by atoms with Gasteiger partial charge in [-0.3, -0.25) is 4.79 Å². The Hall–Kier alpha value is -1.68. The van der Waals surface area contributed by atoms with E-state index in [-0.39, 0.29) is 17.6 Å². The van der Waals surface area contributed by atoms with E-state index < -0.39 is 0 Å². The Kier molecular flexibility index (Phi) is 5.35. The van der Waals surface area contributed by atoms with Crippen LogP contribution in [-0.2, 0) is 0 Å². The van der Waals surface area contributed by atoms with Crippen molar-refractivity contribution in [2.45, 2.75) is 40.0 Å². The third kappa shape index (κ3) is 3.95. The number of amides is 1. The van der Waals surface area contributed by atoms with Crippen LogP contribution in [0.15, 0.2) is 29.6 Å². The number of hydrogen-bond donors (Lipinski definition) is 1. The second-order valence-electron chi connectivity index (χ2n) is 6.11. The van der Waals surface area contributed by atoms with E-state index >= 15 is 0 Å². The summed E-state index contributed by atoms with van der Waals surface area (Å²) in [5.41, 5.74) is 2.23. The van der Waals surface area contributed by atoms with Crippen LogP contribution in [0.25, 0.3) is 0 Å². The summed E-state index contributed by atoms with van der Waals surface area (Å²) >= 11 is 1.54. The van der Waals surface area contributed by atoms with Gasteiger partial charge in [0.05, 0.1) is 5.56 Å². The monoisotopic (exact) mass is 319 g/mol. The van der Waals surface area contributed by atoms with E-state index in [1.165, 1.54) is 12.1 Å². The molecule has 1 atom stereocenters. The first kappa shape index (κ1) is 16.7. The minimum Gasteiger partial charge on any atom is -0.322 e. The highest BCUT2D eigenvalue weighted by atomic mass is 32.1.